The normalized spacial score (nSPS) is 12.0. The summed E-state index contributed by atoms with van der Waals surface area (Å²) in [6.07, 6.45) is 9.84. The second-order valence-corrected chi connectivity index (χ2v) is 6.07. The highest BCUT2D eigenvalue weighted by molar-refractivity contribution is 7.18. The van der Waals surface area contributed by atoms with Crippen molar-refractivity contribution in [3.8, 4) is 0 Å². The number of rotatable bonds is 7. The topological polar surface area (TPSA) is 0 Å². The Kier molecular flexibility index (Phi) is 7.14. The molecule has 1 unspecified atom stereocenters. The molecule has 0 bridgehead atoms. The van der Waals surface area contributed by atoms with Crippen molar-refractivity contribution in [1.29, 1.82) is 0 Å². The van der Waals surface area contributed by atoms with Crippen LogP contribution in [0.3, 0.4) is 0 Å². The van der Waals surface area contributed by atoms with E-state index < -0.39 is 0 Å². The van der Waals surface area contributed by atoms with Gasteiger partial charge in [0, 0.05) is 0 Å². The largest absolute Gasteiger partial charge is 0.132 e. The Morgan fingerprint density at radius 2 is 1.42 bits per heavy atom. The molecule has 0 rings (SSSR count). The first-order valence-electron chi connectivity index (χ1n) is 5.35. The summed E-state index contributed by atoms with van der Waals surface area (Å²) in [6, 6.07) is 0. The fourth-order valence-electron chi connectivity index (χ4n) is 1.36. The molecule has 0 aliphatic heterocycles. The Balaban J connectivity index is 3.01. The second-order valence-electron chi connectivity index (χ2n) is 4.51. The molecule has 0 fully saturated rings. The van der Waals surface area contributed by atoms with Crippen molar-refractivity contribution >= 4 is 9.24 Å². The summed E-state index contributed by atoms with van der Waals surface area (Å²) in [6.45, 7) is 6.86. The zero-order valence-electron chi connectivity index (χ0n) is 9.03. The van der Waals surface area contributed by atoms with Crippen LogP contribution in [0.5, 0.6) is 0 Å². The smallest absolute Gasteiger partial charge is 0.0207 e. The van der Waals surface area contributed by atoms with Crippen molar-refractivity contribution in [2.24, 2.45) is 0 Å². The highest BCUT2D eigenvalue weighted by Gasteiger charge is 2.08. The Morgan fingerprint density at radius 1 is 0.917 bits per heavy atom. The van der Waals surface area contributed by atoms with Gasteiger partial charge in [0.2, 0.25) is 0 Å². The third kappa shape index (κ3) is 10.4. The van der Waals surface area contributed by atoms with Gasteiger partial charge in [-0.2, -0.15) is 0 Å². The monoisotopic (exact) mass is 188 g/mol. The van der Waals surface area contributed by atoms with Crippen molar-refractivity contribution in [2.45, 2.75) is 70.9 Å². The van der Waals surface area contributed by atoms with E-state index in [0.29, 0.717) is 5.16 Å². The molecular weight excluding hydrogens is 163 g/mol. The molecule has 0 N–H and O–H groups in total. The summed E-state index contributed by atoms with van der Waals surface area (Å²) in [4.78, 5) is 0. The van der Waals surface area contributed by atoms with Crippen LogP contribution >= 0.6 is 9.24 Å². The van der Waals surface area contributed by atoms with E-state index in [1.165, 1.54) is 44.9 Å². The van der Waals surface area contributed by atoms with Crippen LogP contribution in [-0.2, 0) is 0 Å². The molecule has 0 spiro atoms. The average molecular weight is 188 g/mol. The summed E-state index contributed by atoms with van der Waals surface area (Å²) in [5.41, 5.74) is 0. The number of hydrogen-bond acceptors (Lipinski definition) is 0. The van der Waals surface area contributed by atoms with Crippen molar-refractivity contribution in [3.05, 3.63) is 0 Å². The Hall–Kier alpha value is 0.430. The van der Waals surface area contributed by atoms with Crippen molar-refractivity contribution < 1.29 is 0 Å². The van der Waals surface area contributed by atoms with Crippen LogP contribution in [0.4, 0.5) is 0 Å². The zero-order valence-corrected chi connectivity index (χ0v) is 10.2. The fourth-order valence-corrected chi connectivity index (χ4v) is 1.57. The van der Waals surface area contributed by atoms with Crippen LogP contribution in [0, 0.1) is 0 Å². The highest BCUT2D eigenvalue weighted by atomic mass is 31.0. The lowest BCUT2D eigenvalue weighted by atomic mass is 10.0. The maximum atomic E-state index is 2.92. The Labute approximate surface area is 80.7 Å². The fraction of sp³-hybridized carbons (Fsp3) is 1.00. The molecule has 0 aliphatic carbocycles. The lowest BCUT2D eigenvalue weighted by Crippen LogP contribution is -2.07. The van der Waals surface area contributed by atoms with Crippen LogP contribution in [0.25, 0.3) is 0 Å². The first-order chi connectivity index (χ1) is 5.56. The number of unbranched alkanes of at least 4 members (excludes halogenated alkanes) is 5. The van der Waals surface area contributed by atoms with Gasteiger partial charge in [0.15, 0.2) is 0 Å². The SMILES string of the molecule is CCCCCCCCC(C)(C)P. The highest BCUT2D eigenvalue weighted by Crippen LogP contribution is 2.23. The Bertz CT molecular complexity index is 91.7. The van der Waals surface area contributed by atoms with Crippen molar-refractivity contribution in [2.75, 3.05) is 0 Å². The summed E-state index contributed by atoms with van der Waals surface area (Å²) >= 11 is 0. The minimum absolute atomic E-state index is 0.463. The quantitative estimate of drug-likeness (QED) is 0.410. The molecule has 1 heteroatoms. The van der Waals surface area contributed by atoms with E-state index in [1.54, 1.807) is 0 Å². The predicted molar refractivity (Wildman–Crippen MR) is 61.8 cm³/mol. The summed E-state index contributed by atoms with van der Waals surface area (Å²) < 4.78 is 0. The summed E-state index contributed by atoms with van der Waals surface area (Å²) in [7, 11) is 2.92. The number of hydrogen-bond donors (Lipinski definition) is 0. The van der Waals surface area contributed by atoms with Gasteiger partial charge in [0.1, 0.15) is 0 Å². The predicted octanol–water partition coefficient (Wildman–Crippen LogP) is 4.39. The zero-order chi connectivity index (χ0) is 9.45. The van der Waals surface area contributed by atoms with Crippen LogP contribution in [0.1, 0.15) is 65.7 Å². The Morgan fingerprint density at radius 3 is 1.92 bits per heavy atom. The van der Waals surface area contributed by atoms with Gasteiger partial charge in [-0.25, -0.2) is 0 Å². The maximum absolute atomic E-state index is 2.92. The molecule has 0 radical (unpaired) electrons. The summed E-state index contributed by atoms with van der Waals surface area (Å²) in [5.74, 6) is 0. The standard InChI is InChI=1S/C11H25P/c1-4-5-6-7-8-9-10-11(2,3)12/h4-10,12H2,1-3H3. The van der Waals surface area contributed by atoms with Crippen molar-refractivity contribution in [3.63, 3.8) is 0 Å². The molecule has 0 amide bonds. The molecule has 0 aromatic rings. The average Bonchev–Trinajstić information content (AvgIpc) is 1.94. The van der Waals surface area contributed by atoms with Gasteiger partial charge in [0.05, 0.1) is 0 Å². The molecule has 0 saturated heterocycles. The minimum atomic E-state index is 0.463. The van der Waals surface area contributed by atoms with Gasteiger partial charge in [0.25, 0.3) is 0 Å². The van der Waals surface area contributed by atoms with E-state index in [0.717, 1.165) is 0 Å². The van der Waals surface area contributed by atoms with Gasteiger partial charge >= 0.3 is 0 Å². The van der Waals surface area contributed by atoms with E-state index in [4.69, 9.17) is 0 Å². The van der Waals surface area contributed by atoms with Crippen LogP contribution in [0.15, 0.2) is 0 Å². The van der Waals surface area contributed by atoms with Gasteiger partial charge in [-0.1, -0.05) is 59.3 Å². The lowest BCUT2D eigenvalue weighted by molar-refractivity contribution is 0.541. The molecule has 1 atom stereocenters. The van der Waals surface area contributed by atoms with Gasteiger partial charge in [-0.15, -0.1) is 9.24 Å². The molecule has 0 aliphatic rings. The van der Waals surface area contributed by atoms with Crippen LogP contribution in [0.2, 0.25) is 0 Å². The molecule has 74 valence electrons. The van der Waals surface area contributed by atoms with E-state index in [2.05, 4.69) is 30.0 Å². The first-order valence-corrected chi connectivity index (χ1v) is 5.93. The molecule has 12 heavy (non-hydrogen) atoms. The second kappa shape index (κ2) is 6.89. The molecule has 0 heterocycles. The van der Waals surface area contributed by atoms with Gasteiger partial charge < -0.3 is 0 Å². The van der Waals surface area contributed by atoms with E-state index in [9.17, 15) is 0 Å². The van der Waals surface area contributed by atoms with E-state index in [1.807, 2.05) is 0 Å². The van der Waals surface area contributed by atoms with E-state index in [-0.39, 0.29) is 0 Å². The molecule has 0 aromatic carbocycles. The van der Waals surface area contributed by atoms with E-state index >= 15 is 0 Å². The lowest BCUT2D eigenvalue weighted by Gasteiger charge is -2.17. The van der Waals surface area contributed by atoms with Gasteiger partial charge in [-0.05, 0) is 11.6 Å². The molecule has 0 aromatic heterocycles. The third-order valence-electron chi connectivity index (χ3n) is 2.17. The maximum Gasteiger partial charge on any atom is -0.0207 e. The minimum Gasteiger partial charge on any atom is -0.132 e. The van der Waals surface area contributed by atoms with Crippen LogP contribution in [-0.4, -0.2) is 5.16 Å². The van der Waals surface area contributed by atoms with Crippen LogP contribution < -0.4 is 0 Å². The van der Waals surface area contributed by atoms with Crippen molar-refractivity contribution in [1.82, 2.24) is 0 Å². The molecule has 0 nitrogen and oxygen atoms in total. The molecule has 0 saturated carbocycles. The summed E-state index contributed by atoms with van der Waals surface area (Å²) in [5, 5.41) is 0.463. The molecular formula is C11H25P. The third-order valence-corrected chi connectivity index (χ3v) is 2.46. The first kappa shape index (κ1) is 12.4. The van der Waals surface area contributed by atoms with Gasteiger partial charge in [-0.3, -0.25) is 0 Å².